The van der Waals surface area contributed by atoms with Crippen LogP contribution >= 0.6 is 34.8 Å². The maximum Gasteiger partial charge on any atom is 0.127 e. The Kier molecular flexibility index (Phi) is 6.49. The smallest absolute Gasteiger partial charge is 0.127 e. The molecule has 0 atom stereocenters. The van der Waals surface area contributed by atoms with Crippen LogP contribution in [0.5, 0.6) is 5.75 Å². The molecule has 4 rings (SSSR count). The van der Waals surface area contributed by atoms with Gasteiger partial charge in [0.2, 0.25) is 0 Å². The molecule has 0 radical (unpaired) electrons. The summed E-state index contributed by atoms with van der Waals surface area (Å²) in [4.78, 5) is 0. The SMILES string of the molecule is N#C/C(=C\c1c(OCc2ccc(Cl)cc2Cl)ccc2ccccc12)c1ccc(Cl)cc1. The molecule has 0 fully saturated rings. The lowest BCUT2D eigenvalue weighted by Gasteiger charge is -2.14. The Hall–Kier alpha value is -2.96. The Labute approximate surface area is 195 Å². The van der Waals surface area contributed by atoms with Crippen molar-refractivity contribution < 1.29 is 4.74 Å². The van der Waals surface area contributed by atoms with E-state index in [2.05, 4.69) is 6.07 Å². The summed E-state index contributed by atoms with van der Waals surface area (Å²) in [6.45, 7) is 0.276. The number of nitrogens with zero attached hydrogens (tertiary/aromatic N) is 1. The van der Waals surface area contributed by atoms with Crippen LogP contribution in [-0.2, 0) is 6.61 Å². The lowest BCUT2D eigenvalue weighted by molar-refractivity contribution is 0.306. The van der Waals surface area contributed by atoms with Crippen LogP contribution in [0.25, 0.3) is 22.4 Å². The van der Waals surface area contributed by atoms with Gasteiger partial charge in [-0.25, -0.2) is 0 Å². The zero-order chi connectivity index (χ0) is 21.8. The Bertz CT molecular complexity index is 1320. The molecule has 0 bridgehead atoms. The molecule has 0 unspecified atom stereocenters. The second kappa shape index (κ2) is 9.45. The van der Waals surface area contributed by atoms with E-state index in [0.29, 0.717) is 26.4 Å². The first-order chi connectivity index (χ1) is 15.0. The fraction of sp³-hybridized carbons (Fsp3) is 0.0385. The molecule has 4 aromatic rings. The number of rotatable bonds is 5. The molecular weight excluding hydrogens is 449 g/mol. The van der Waals surface area contributed by atoms with E-state index in [0.717, 1.165) is 27.5 Å². The van der Waals surface area contributed by atoms with Gasteiger partial charge >= 0.3 is 0 Å². The number of ether oxygens (including phenoxy) is 1. The Morgan fingerprint density at radius 2 is 1.61 bits per heavy atom. The number of fused-ring (bicyclic) bond motifs is 1. The van der Waals surface area contributed by atoms with Gasteiger partial charge in [0, 0.05) is 26.2 Å². The lowest BCUT2D eigenvalue weighted by atomic mass is 9.98. The van der Waals surface area contributed by atoms with Crippen LogP contribution in [0.2, 0.25) is 15.1 Å². The molecular formula is C26H16Cl3NO. The van der Waals surface area contributed by atoms with E-state index in [9.17, 15) is 5.26 Å². The molecule has 0 aliphatic rings. The zero-order valence-corrected chi connectivity index (χ0v) is 18.5. The molecule has 0 heterocycles. The van der Waals surface area contributed by atoms with Crippen molar-refractivity contribution >= 4 is 57.2 Å². The normalized spacial score (nSPS) is 11.4. The summed E-state index contributed by atoms with van der Waals surface area (Å²) in [5.74, 6) is 0.659. The number of allylic oxidation sites excluding steroid dienone is 1. The average molecular weight is 465 g/mol. The van der Waals surface area contributed by atoms with E-state index in [1.165, 1.54) is 0 Å². The molecule has 31 heavy (non-hydrogen) atoms. The van der Waals surface area contributed by atoms with Crippen molar-refractivity contribution in [1.82, 2.24) is 0 Å². The predicted octanol–water partition coefficient (Wildman–Crippen LogP) is 8.44. The van der Waals surface area contributed by atoms with E-state index >= 15 is 0 Å². The fourth-order valence-corrected chi connectivity index (χ4v) is 3.89. The zero-order valence-electron chi connectivity index (χ0n) is 16.3. The molecule has 0 aliphatic carbocycles. The van der Waals surface area contributed by atoms with Crippen LogP contribution in [0.15, 0.2) is 78.9 Å². The number of hydrogen-bond acceptors (Lipinski definition) is 2. The van der Waals surface area contributed by atoms with Crippen LogP contribution in [0.1, 0.15) is 16.7 Å². The van der Waals surface area contributed by atoms with Gasteiger partial charge in [0.05, 0.1) is 11.6 Å². The van der Waals surface area contributed by atoms with Crippen molar-refractivity contribution in [3.05, 3.63) is 111 Å². The van der Waals surface area contributed by atoms with Crippen LogP contribution in [-0.4, -0.2) is 0 Å². The Morgan fingerprint density at radius 1 is 0.871 bits per heavy atom. The summed E-state index contributed by atoms with van der Waals surface area (Å²) in [5.41, 5.74) is 2.95. The highest BCUT2D eigenvalue weighted by Gasteiger charge is 2.11. The number of nitriles is 1. The fourth-order valence-electron chi connectivity index (χ4n) is 3.30. The highest BCUT2D eigenvalue weighted by Crippen LogP contribution is 2.33. The number of hydrogen-bond donors (Lipinski definition) is 0. The molecule has 0 saturated carbocycles. The minimum Gasteiger partial charge on any atom is -0.488 e. The van der Waals surface area contributed by atoms with Gasteiger partial charge in [0.1, 0.15) is 12.4 Å². The molecule has 0 N–H and O–H groups in total. The average Bonchev–Trinajstić information content (AvgIpc) is 2.78. The molecule has 152 valence electrons. The maximum atomic E-state index is 9.82. The van der Waals surface area contributed by atoms with Crippen molar-refractivity contribution in [1.29, 1.82) is 5.26 Å². The summed E-state index contributed by atoms with van der Waals surface area (Å²) in [6, 6.07) is 26.7. The predicted molar refractivity (Wildman–Crippen MR) is 130 cm³/mol. The third-order valence-corrected chi connectivity index (χ3v) is 5.73. The second-order valence-electron chi connectivity index (χ2n) is 6.90. The summed E-state index contributed by atoms with van der Waals surface area (Å²) in [7, 11) is 0. The first-order valence-electron chi connectivity index (χ1n) is 9.51. The quantitative estimate of drug-likeness (QED) is 0.219. The summed E-state index contributed by atoms with van der Waals surface area (Å²) in [6.07, 6.45) is 1.85. The van der Waals surface area contributed by atoms with Gasteiger partial charge in [0.25, 0.3) is 0 Å². The Balaban J connectivity index is 1.78. The highest BCUT2D eigenvalue weighted by atomic mass is 35.5. The molecule has 0 aliphatic heterocycles. The van der Waals surface area contributed by atoms with Crippen molar-refractivity contribution in [2.75, 3.05) is 0 Å². The van der Waals surface area contributed by atoms with Gasteiger partial charge in [0.15, 0.2) is 0 Å². The van der Waals surface area contributed by atoms with E-state index in [1.807, 2.05) is 60.7 Å². The highest BCUT2D eigenvalue weighted by molar-refractivity contribution is 6.35. The van der Waals surface area contributed by atoms with Gasteiger partial charge in [-0.05, 0) is 52.7 Å². The number of benzene rings is 4. The Morgan fingerprint density at radius 3 is 2.35 bits per heavy atom. The summed E-state index contributed by atoms with van der Waals surface area (Å²) < 4.78 is 6.15. The van der Waals surface area contributed by atoms with Crippen LogP contribution in [0.3, 0.4) is 0 Å². The molecule has 2 nitrogen and oxygen atoms in total. The van der Waals surface area contributed by atoms with Crippen LogP contribution in [0.4, 0.5) is 0 Å². The van der Waals surface area contributed by atoms with Gasteiger partial charge in [-0.15, -0.1) is 0 Å². The summed E-state index contributed by atoms with van der Waals surface area (Å²) >= 11 is 18.3. The van der Waals surface area contributed by atoms with Crippen molar-refractivity contribution in [2.24, 2.45) is 0 Å². The molecule has 0 spiro atoms. The third kappa shape index (κ3) is 4.86. The maximum absolute atomic E-state index is 9.82. The third-order valence-electron chi connectivity index (χ3n) is 4.89. The first kappa shape index (κ1) is 21.3. The second-order valence-corrected chi connectivity index (χ2v) is 8.18. The van der Waals surface area contributed by atoms with Gasteiger partial charge < -0.3 is 4.74 Å². The topological polar surface area (TPSA) is 33.0 Å². The minimum absolute atomic E-state index is 0.276. The van der Waals surface area contributed by atoms with Crippen LogP contribution in [0, 0.1) is 11.3 Å². The van der Waals surface area contributed by atoms with Crippen molar-refractivity contribution in [2.45, 2.75) is 6.61 Å². The lowest BCUT2D eigenvalue weighted by Crippen LogP contribution is -1.98. The van der Waals surface area contributed by atoms with E-state index in [1.54, 1.807) is 24.3 Å². The van der Waals surface area contributed by atoms with Crippen molar-refractivity contribution in [3.63, 3.8) is 0 Å². The van der Waals surface area contributed by atoms with Gasteiger partial charge in [-0.1, -0.05) is 83.3 Å². The first-order valence-corrected chi connectivity index (χ1v) is 10.6. The monoisotopic (exact) mass is 463 g/mol. The van der Waals surface area contributed by atoms with Gasteiger partial charge in [-0.2, -0.15) is 5.26 Å². The molecule has 5 heteroatoms. The standard InChI is InChI=1S/C26H16Cl3NO/c27-21-9-5-17(6-10-21)20(15-30)13-24-23-4-2-1-3-18(23)8-12-26(24)31-16-19-7-11-22(28)14-25(19)29/h1-14H,16H2/b20-13+. The molecule has 4 aromatic carbocycles. The minimum atomic E-state index is 0.276. The van der Waals surface area contributed by atoms with E-state index in [4.69, 9.17) is 39.5 Å². The molecule has 0 saturated heterocycles. The molecule has 0 aromatic heterocycles. The van der Waals surface area contributed by atoms with E-state index in [-0.39, 0.29) is 6.61 Å². The van der Waals surface area contributed by atoms with Gasteiger partial charge in [-0.3, -0.25) is 0 Å². The van der Waals surface area contributed by atoms with E-state index < -0.39 is 0 Å². The van der Waals surface area contributed by atoms with Crippen molar-refractivity contribution in [3.8, 4) is 11.8 Å². The largest absolute Gasteiger partial charge is 0.488 e. The van der Waals surface area contributed by atoms with Crippen LogP contribution < -0.4 is 4.74 Å². The number of halogens is 3. The summed E-state index contributed by atoms with van der Waals surface area (Å²) in [5, 5.41) is 13.6. The molecule has 0 amide bonds.